The Balaban J connectivity index is 2.26. The second-order valence-corrected chi connectivity index (χ2v) is 4.02. The van der Waals surface area contributed by atoms with Crippen molar-refractivity contribution in [2.45, 2.75) is 12.8 Å². The molecule has 0 aromatic rings. The summed E-state index contributed by atoms with van der Waals surface area (Å²) in [7, 11) is 0. The highest BCUT2D eigenvalue weighted by molar-refractivity contribution is 8.17. The lowest BCUT2D eigenvalue weighted by atomic mass is 10.3. The molecule has 1 saturated carbocycles. The van der Waals surface area contributed by atoms with Gasteiger partial charge in [-0.05, 0) is 24.6 Å². The normalized spacial score (nSPS) is 22.3. The molecule has 0 saturated heterocycles. The van der Waals surface area contributed by atoms with Gasteiger partial charge in [0.2, 0.25) is 0 Å². The third-order valence-corrected chi connectivity index (χ3v) is 2.82. The molecule has 1 heterocycles. The van der Waals surface area contributed by atoms with Gasteiger partial charge in [0.25, 0.3) is 0 Å². The molecule has 0 aromatic heterocycles. The second-order valence-electron chi connectivity index (χ2n) is 2.99. The van der Waals surface area contributed by atoms with E-state index in [1.54, 1.807) is 0 Å². The molecule has 0 unspecified atom stereocenters. The third kappa shape index (κ3) is 1.62. The van der Waals surface area contributed by atoms with Crippen molar-refractivity contribution in [2.75, 3.05) is 0 Å². The average Bonchev–Trinajstić information content (AvgIpc) is 2.87. The van der Waals surface area contributed by atoms with Crippen LogP contribution in [0.15, 0.2) is 15.7 Å². The summed E-state index contributed by atoms with van der Waals surface area (Å²) in [5.41, 5.74) is 8.82. The van der Waals surface area contributed by atoms with Gasteiger partial charge < -0.3 is 10.8 Å². The number of hydrazone groups is 1. The number of hydrogen-bond acceptors (Lipinski definition) is 5. The van der Waals surface area contributed by atoms with E-state index in [0.29, 0.717) is 11.6 Å². The maximum atomic E-state index is 10.8. The lowest BCUT2D eigenvalue weighted by Gasteiger charge is -2.15. The van der Waals surface area contributed by atoms with Gasteiger partial charge >= 0.3 is 5.97 Å². The zero-order chi connectivity index (χ0) is 9.42. The van der Waals surface area contributed by atoms with Crippen LogP contribution >= 0.6 is 11.8 Å². The zero-order valence-electron chi connectivity index (χ0n) is 6.78. The van der Waals surface area contributed by atoms with Crippen molar-refractivity contribution in [3.8, 4) is 0 Å². The molecule has 1 fully saturated rings. The fourth-order valence-electron chi connectivity index (χ4n) is 1.16. The number of aliphatic carboxylic acids is 1. The molecule has 0 radical (unpaired) electrons. The minimum atomic E-state index is -0.933. The number of carboxylic acid groups (broad SMARTS) is 1. The van der Waals surface area contributed by atoms with Crippen LogP contribution in [0.1, 0.15) is 12.8 Å². The van der Waals surface area contributed by atoms with Crippen molar-refractivity contribution >= 4 is 22.9 Å². The van der Waals surface area contributed by atoms with E-state index in [4.69, 9.17) is 10.8 Å². The van der Waals surface area contributed by atoms with Crippen LogP contribution in [-0.2, 0) is 4.79 Å². The number of allylic oxidation sites excluding steroid dienone is 1. The van der Waals surface area contributed by atoms with Gasteiger partial charge in [-0.25, -0.2) is 4.79 Å². The van der Waals surface area contributed by atoms with Crippen molar-refractivity contribution in [1.29, 1.82) is 0 Å². The smallest absolute Gasteiger partial charge is 0.344 e. The van der Waals surface area contributed by atoms with Gasteiger partial charge in [-0.15, -0.1) is 0 Å². The number of nitrogens with zero attached hydrogens (tertiary/aromatic N) is 1. The van der Waals surface area contributed by atoms with Crippen LogP contribution in [0.2, 0.25) is 0 Å². The first-order chi connectivity index (χ1) is 6.18. The largest absolute Gasteiger partial charge is 0.477 e. The van der Waals surface area contributed by atoms with Crippen molar-refractivity contribution in [2.24, 2.45) is 16.8 Å². The minimum absolute atomic E-state index is 0.252. The topological polar surface area (TPSA) is 87.7 Å². The Morgan fingerprint density at radius 3 is 2.92 bits per heavy atom. The molecule has 0 atom stereocenters. The molecule has 1 aliphatic carbocycles. The number of carboxylic acids is 1. The Hall–Kier alpha value is -1.17. The number of hydrogen-bond donors (Lipinski definition) is 3. The fraction of sp³-hybridized carbons (Fsp3) is 0.429. The van der Waals surface area contributed by atoms with Crippen LogP contribution in [0.5, 0.6) is 0 Å². The van der Waals surface area contributed by atoms with Crippen LogP contribution in [0, 0.1) is 5.92 Å². The molecule has 0 spiro atoms. The Labute approximate surface area is 79.1 Å². The quantitative estimate of drug-likeness (QED) is 0.593. The van der Waals surface area contributed by atoms with E-state index >= 15 is 0 Å². The number of thioether (sulfide) groups is 1. The Kier molecular flexibility index (Phi) is 1.91. The Bertz CT molecular complexity index is 320. The van der Waals surface area contributed by atoms with Crippen molar-refractivity contribution in [3.63, 3.8) is 0 Å². The maximum absolute atomic E-state index is 10.8. The molecule has 1 aliphatic heterocycles. The summed E-state index contributed by atoms with van der Waals surface area (Å²) >= 11 is 1.02. The summed E-state index contributed by atoms with van der Waals surface area (Å²) in [6.45, 7) is 0. The lowest BCUT2D eigenvalue weighted by Crippen LogP contribution is -2.24. The number of amidine groups is 1. The third-order valence-electron chi connectivity index (χ3n) is 1.92. The van der Waals surface area contributed by atoms with Gasteiger partial charge in [0, 0.05) is 5.92 Å². The molecule has 2 rings (SSSR count). The molecular formula is C7H9N3O2S. The highest BCUT2D eigenvalue weighted by Gasteiger charge is 2.33. The molecule has 4 N–H and O–H groups in total. The Morgan fingerprint density at radius 2 is 2.38 bits per heavy atom. The highest BCUT2D eigenvalue weighted by atomic mass is 32.2. The standard InChI is InChI=1S/C7H9N3O2S/c8-7-10-9-4(3-1-2-3)5(13-7)6(11)12/h3,9H,1-2H2,(H2,8,10)(H,11,12). The first-order valence-corrected chi connectivity index (χ1v) is 4.74. The van der Waals surface area contributed by atoms with E-state index in [0.717, 1.165) is 24.6 Å². The summed E-state index contributed by atoms with van der Waals surface area (Å²) in [5, 5.41) is 12.9. The molecule has 5 nitrogen and oxygen atoms in total. The minimum Gasteiger partial charge on any atom is -0.477 e. The predicted octanol–water partition coefficient (Wildman–Crippen LogP) is 0.259. The first kappa shape index (κ1) is 8.43. The first-order valence-electron chi connectivity index (χ1n) is 3.93. The van der Waals surface area contributed by atoms with Gasteiger partial charge in [0.15, 0.2) is 5.17 Å². The maximum Gasteiger partial charge on any atom is 0.344 e. The molecule has 0 aromatic carbocycles. The predicted molar refractivity (Wildman–Crippen MR) is 49.7 cm³/mol. The molecule has 6 heteroatoms. The second kappa shape index (κ2) is 2.95. The van der Waals surface area contributed by atoms with E-state index in [1.165, 1.54) is 0 Å². The molecular weight excluding hydrogens is 190 g/mol. The number of nitrogens with two attached hydrogens (primary N) is 1. The van der Waals surface area contributed by atoms with Crippen LogP contribution in [-0.4, -0.2) is 16.2 Å². The van der Waals surface area contributed by atoms with Gasteiger partial charge in [0.1, 0.15) is 4.91 Å². The zero-order valence-corrected chi connectivity index (χ0v) is 7.60. The summed E-state index contributed by atoms with van der Waals surface area (Å²) in [5.74, 6) is -0.590. The molecule has 2 aliphatic rings. The molecule has 0 amide bonds. The molecule has 0 bridgehead atoms. The number of rotatable bonds is 2. The number of carbonyl (C=O) groups is 1. The van der Waals surface area contributed by atoms with E-state index < -0.39 is 5.97 Å². The number of nitrogens with one attached hydrogen (secondary N) is 1. The monoisotopic (exact) mass is 199 g/mol. The van der Waals surface area contributed by atoms with Gasteiger partial charge in [-0.2, -0.15) is 5.10 Å². The van der Waals surface area contributed by atoms with Crippen molar-refractivity contribution < 1.29 is 9.90 Å². The summed E-state index contributed by atoms with van der Waals surface area (Å²) in [4.78, 5) is 11.1. The van der Waals surface area contributed by atoms with E-state index in [2.05, 4.69) is 10.5 Å². The fourth-order valence-corrected chi connectivity index (χ4v) is 1.87. The molecule has 13 heavy (non-hydrogen) atoms. The van der Waals surface area contributed by atoms with Crippen LogP contribution in [0.3, 0.4) is 0 Å². The summed E-state index contributed by atoms with van der Waals surface area (Å²) in [6, 6.07) is 0. The Morgan fingerprint density at radius 1 is 1.69 bits per heavy atom. The van der Waals surface area contributed by atoms with Crippen LogP contribution in [0.4, 0.5) is 0 Å². The van der Waals surface area contributed by atoms with Gasteiger partial charge in [-0.3, -0.25) is 5.43 Å². The molecule has 70 valence electrons. The SMILES string of the molecule is NC1=NNC(C2CC2)=C(C(=O)O)S1. The van der Waals surface area contributed by atoms with Crippen LogP contribution in [0.25, 0.3) is 0 Å². The van der Waals surface area contributed by atoms with Gasteiger partial charge in [0.05, 0.1) is 5.70 Å². The van der Waals surface area contributed by atoms with E-state index in [-0.39, 0.29) is 10.1 Å². The van der Waals surface area contributed by atoms with Crippen molar-refractivity contribution in [1.82, 2.24) is 5.43 Å². The lowest BCUT2D eigenvalue weighted by molar-refractivity contribution is -0.131. The summed E-state index contributed by atoms with van der Waals surface area (Å²) < 4.78 is 0. The van der Waals surface area contributed by atoms with Gasteiger partial charge in [-0.1, -0.05) is 0 Å². The average molecular weight is 199 g/mol. The highest BCUT2D eigenvalue weighted by Crippen LogP contribution is 2.40. The van der Waals surface area contributed by atoms with Crippen LogP contribution < -0.4 is 11.2 Å². The summed E-state index contributed by atoms with van der Waals surface area (Å²) in [6.07, 6.45) is 2.07. The van der Waals surface area contributed by atoms with Crippen molar-refractivity contribution in [3.05, 3.63) is 10.6 Å². The van der Waals surface area contributed by atoms with E-state index in [1.807, 2.05) is 0 Å². The van der Waals surface area contributed by atoms with E-state index in [9.17, 15) is 4.79 Å².